The summed E-state index contributed by atoms with van der Waals surface area (Å²) in [5.41, 5.74) is 12.2. The molecule has 0 unspecified atom stereocenters. The van der Waals surface area contributed by atoms with E-state index in [1.54, 1.807) is 19.9 Å². The summed E-state index contributed by atoms with van der Waals surface area (Å²) in [7, 11) is -4.31. The van der Waals surface area contributed by atoms with Gasteiger partial charge in [0.1, 0.15) is 4.90 Å². The van der Waals surface area contributed by atoms with Gasteiger partial charge in [-0.25, -0.2) is 0 Å². The first-order valence-electron chi connectivity index (χ1n) is 3.87. The zero-order valence-electron chi connectivity index (χ0n) is 7.90. The third-order valence-corrected chi connectivity index (χ3v) is 3.07. The summed E-state index contributed by atoms with van der Waals surface area (Å²) in [5.74, 6) is 0. The van der Waals surface area contributed by atoms with Gasteiger partial charge in [-0.15, -0.1) is 0 Å². The summed E-state index contributed by atoms with van der Waals surface area (Å²) in [5, 5.41) is 0. The Kier molecular flexibility index (Phi) is 2.43. The molecule has 14 heavy (non-hydrogen) atoms. The lowest BCUT2D eigenvalue weighted by Crippen LogP contribution is -2.09. The Morgan fingerprint density at radius 1 is 1.14 bits per heavy atom. The van der Waals surface area contributed by atoms with Crippen LogP contribution in [0.15, 0.2) is 11.0 Å². The molecule has 0 bridgehead atoms. The van der Waals surface area contributed by atoms with Crippen molar-refractivity contribution in [1.82, 2.24) is 0 Å². The lowest BCUT2D eigenvalue weighted by Gasteiger charge is -2.11. The lowest BCUT2D eigenvalue weighted by atomic mass is 10.1. The topological polar surface area (TPSA) is 106 Å². The Morgan fingerprint density at radius 2 is 1.64 bits per heavy atom. The second-order valence-corrected chi connectivity index (χ2v) is 4.50. The van der Waals surface area contributed by atoms with Crippen LogP contribution in [0.25, 0.3) is 0 Å². The lowest BCUT2D eigenvalue weighted by molar-refractivity contribution is 0.483. The first-order chi connectivity index (χ1) is 6.25. The molecule has 0 aromatic heterocycles. The van der Waals surface area contributed by atoms with E-state index in [0.29, 0.717) is 11.1 Å². The van der Waals surface area contributed by atoms with Crippen LogP contribution in [0.3, 0.4) is 0 Å². The standard InChI is InChI=1S/C8H12N2O3S/c1-4-3-5(2)8(14(11,12)13)7(10)6(4)9/h3H,9-10H2,1-2H3,(H,11,12,13). The molecule has 0 amide bonds. The highest BCUT2D eigenvalue weighted by Gasteiger charge is 2.19. The van der Waals surface area contributed by atoms with Crippen molar-refractivity contribution >= 4 is 21.5 Å². The highest BCUT2D eigenvalue weighted by atomic mass is 32.2. The minimum Gasteiger partial charge on any atom is -0.397 e. The van der Waals surface area contributed by atoms with E-state index in [2.05, 4.69) is 0 Å². The second kappa shape index (κ2) is 3.14. The molecule has 5 N–H and O–H groups in total. The van der Waals surface area contributed by atoms with Gasteiger partial charge in [0.05, 0.1) is 11.4 Å². The highest BCUT2D eigenvalue weighted by Crippen LogP contribution is 2.30. The first-order valence-corrected chi connectivity index (χ1v) is 5.31. The predicted molar refractivity (Wildman–Crippen MR) is 54.6 cm³/mol. The van der Waals surface area contributed by atoms with Crippen molar-refractivity contribution in [2.45, 2.75) is 18.7 Å². The largest absolute Gasteiger partial charge is 0.397 e. The van der Waals surface area contributed by atoms with Gasteiger partial charge in [0, 0.05) is 0 Å². The zero-order chi connectivity index (χ0) is 11.1. The van der Waals surface area contributed by atoms with Crippen molar-refractivity contribution < 1.29 is 13.0 Å². The molecule has 6 heteroatoms. The molecule has 0 fully saturated rings. The van der Waals surface area contributed by atoms with Crippen molar-refractivity contribution in [2.24, 2.45) is 0 Å². The zero-order valence-corrected chi connectivity index (χ0v) is 8.72. The summed E-state index contributed by atoms with van der Waals surface area (Å²) in [6, 6.07) is 1.56. The average molecular weight is 216 g/mol. The Morgan fingerprint density at radius 3 is 2.07 bits per heavy atom. The van der Waals surface area contributed by atoms with Crippen LogP contribution in [-0.4, -0.2) is 13.0 Å². The van der Waals surface area contributed by atoms with Crippen LogP contribution >= 0.6 is 0 Å². The summed E-state index contributed by atoms with van der Waals surface area (Å²) in [6.45, 7) is 3.26. The van der Waals surface area contributed by atoms with Crippen LogP contribution < -0.4 is 11.5 Å². The maximum absolute atomic E-state index is 11.0. The molecule has 0 spiro atoms. The van der Waals surface area contributed by atoms with Crippen LogP contribution in [0.5, 0.6) is 0 Å². The van der Waals surface area contributed by atoms with Gasteiger partial charge in [0.25, 0.3) is 10.1 Å². The third-order valence-electron chi connectivity index (χ3n) is 2.01. The molecule has 0 aliphatic carbocycles. The molecule has 1 aromatic carbocycles. The number of benzene rings is 1. The Bertz CT molecular complexity index is 480. The highest BCUT2D eigenvalue weighted by molar-refractivity contribution is 7.86. The van der Waals surface area contributed by atoms with E-state index >= 15 is 0 Å². The molecule has 1 rings (SSSR count). The molecular formula is C8H12N2O3S. The van der Waals surface area contributed by atoms with E-state index in [0.717, 1.165) is 0 Å². The summed E-state index contributed by atoms with van der Waals surface area (Å²) in [6.07, 6.45) is 0. The normalized spacial score (nSPS) is 11.6. The monoisotopic (exact) mass is 216 g/mol. The molecule has 0 saturated heterocycles. The molecule has 0 atom stereocenters. The summed E-state index contributed by atoms with van der Waals surface area (Å²) in [4.78, 5) is -0.305. The van der Waals surface area contributed by atoms with Gasteiger partial charge in [0.2, 0.25) is 0 Å². The van der Waals surface area contributed by atoms with Crippen LogP contribution in [0.1, 0.15) is 11.1 Å². The fourth-order valence-electron chi connectivity index (χ4n) is 1.36. The van der Waals surface area contributed by atoms with Crippen molar-refractivity contribution in [2.75, 3.05) is 11.5 Å². The first kappa shape index (κ1) is 10.8. The predicted octanol–water partition coefficient (Wildman–Crippen LogP) is 0.715. The molecule has 0 aliphatic rings. The van der Waals surface area contributed by atoms with Gasteiger partial charge in [0.15, 0.2) is 0 Å². The Labute approximate surface area is 82.5 Å². The van der Waals surface area contributed by atoms with E-state index < -0.39 is 10.1 Å². The maximum Gasteiger partial charge on any atom is 0.296 e. The number of hydrogen-bond donors (Lipinski definition) is 3. The van der Waals surface area contributed by atoms with Gasteiger partial charge in [-0.05, 0) is 25.0 Å². The van der Waals surface area contributed by atoms with Gasteiger partial charge in [-0.2, -0.15) is 8.42 Å². The number of anilines is 2. The quantitative estimate of drug-likeness (QED) is 0.473. The average Bonchev–Trinajstić information content (AvgIpc) is 1.97. The van der Waals surface area contributed by atoms with E-state index in [-0.39, 0.29) is 16.3 Å². The van der Waals surface area contributed by atoms with Gasteiger partial charge >= 0.3 is 0 Å². The number of rotatable bonds is 1. The van der Waals surface area contributed by atoms with Crippen LogP contribution in [-0.2, 0) is 10.1 Å². The van der Waals surface area contributed by atoms with E-state index in [9.17, 15) is 8.42 Å². The molecule has 78 valence electrons. The SMILES string of the molecule is Cc1cc(C)c(S(=O)(=O)O)c(N)c1N. The van der Waals surface area contributed by atoms with Crippen molar-refractivity contribution in [3.63, 3.8) is 0 Å². The van der Waals surface area contributed by atoms with E-state index in [1.807, 2.05) is 0 Å². The van der Waals surface area contributed by atoms with Crippen LogP contribution in [0.2, 0.25) is 0 Å². The molecule has 0 radical (unpaired) electrons. The summed E-state index contributed by atoms with van der Waals surface area (Å²) < 4.78 is 30.8. The minimum absolute atomic E-state index is 0.0926. The Hall–Kier alpha value is -1.27. The molecule has 0 aliphatic heterocycles. The van der Waals surface area contributed by atoms with Gasteiger partial charge < -0.3 is 11.5 Å². The fourth-order valence-corrected chi connectivity index (χ4v) is 2.21. The molecule has 5 nitrogen and oxygen atoms in total. The van der Waals surface area contributed by atoms with Gasteiger partial charge in [-0.1, -0.05) is 6.07 Å². The molecule has 0 heterocycles. The number of hydrogen-bond acceptors (Lipinski definition) is 4. The molecule has 0 saturated carbocycles. The third kappa shape index (κ3) is 1.66. The Balaban J connectivity index is 3.70. The van der Waals surface area contributed by atoms with E-state index in [1.165, 1.54) is 0 Å². The molecular weight excluding hydrogens is 204 g/mol. The smallest absolute Gasteiger partial charge is 0.296 e. The molecule has 1 aromatic rings. The maximum atomic E-state index is 11.0. The minimum atomic E-state index is -4.31. The number of aryl methyl sites for hydroxylation is 2. The van der Waals surface area contributed by atoms with Gasteiger partial charge in [-0.3, -0.25) is 4.55 Å². The number of nitrogens with two attached hydrogens (primary N) is 2. The van der Waals surface area contributed by atoms with Crippen LogP contribution in [0.4, 0.5) is 11.4 Å². The van der Waals surface area contributed by atoms with E-state index in [4.69, 9.17) is 16.0 Å². The van der Waals surface area contributed by atoms with Crippen molar-refractivity contribution in [1.29, 1.82) is 0 Å². The van der Waals surface area contributed by atoms with Crippen molar-refractivity contribution in [3.05, 3.63) is 17.2 Å². The summed E-state index contributed by atoms with van der Waals surface area (Å²) >= 11 is 0. The number of nitrogen functional groups attached to an aromatic ring is 2. The fraction of sp³-hybridized carbons (Fsp3) is 0.250. The van der Waals surface area contributed by atoms with Crippen molar-refractivity contribution in [3.8, 4) is 0 Å². The second-order valence-electron chi connectivity index (χ2n) is 3.14. The van der Waals surface area contributed by atoms with Crippen LogP contribution in [0, 0.1) is 13.8 Å².